The molecule has 2 nitrogen and oxygen atoms in total. The Hall–Kier alpha value is 0.137. The first-order chi connectivity index (χ1) is 10.7. The average molecular weight is 293 g/mol. The fourth-order valence-electron chi connectivity index (χ4n) is 1.71. The molecule has 19 heavy (non-hydrogen) atoms. The highest BCUT2D eigenvalue weighted by atomic mass is 28.4. The third-order valence-corrected chi connectivity index (χ3v) is 8.85. The molecule has 0 aromatic rings. The summed E-state index contributed by atoms with van der Waals surface area (Å²) in [5.41, 5.74) is -2.32. The van der Waals surface area contributed by atoms with E-state index in [2.05, 4.69) is 33.9 Å². The van der Waals surface area contributed by atoms with E-state index in [-0.39, 0.29) is 23.0 Å². The molecule has 0 N–H and O–H groups in total. The summed E-state index contributed by atoms with van der Waals surface area (Å²) in [6.45, 7) is 11.4. The minimum absolute atomic E-state index is 0.00600. The summed E-state index contributed by atoms with van der Waals surface area (Å²) in [6, 6.07) is 0. The van der Waals surface area contributed by atoms with E-state index in [0.29, 0.717) is 0 Å². The molecule has 1 saturated heterocycles. The molecule has 0 radical (unpaired) electrons. The Balaban J connectivity index is 3.08. The molecule has 0 amide bonds. The first-order valence-corrected chi connectivity index (χ1v) is 9.93. The molecule has 1 heterocycles. The quantitative estimate of drug-likeness (QED) is 0.538. The maximum Gasteiger partial charge on any atom is 0.192 e. The summed E-state index contributed by atoms with van der Waals surface area (Å²) in [4.78, 5) is 0. The second-order valence-electron chi connectivity index (χ2n) is 8.31. The van der Waals surface area contributed by atoms with Crippen LogP contribution >= 0.6 is 0 Å². The molecule has 0 bridgehead atoms. The van der Waals surface area contributed by atoms with Gasteiger partial charge < -0.3 is 9.16 Å². The largest absolute Gasteiger partial charge is 0.413 e. The van der Waals surface area contributed by atoms with Gasteiger partial charge in [0.05, 0.1) is 17.8 Å². The van der Waals surface area contributed by atoms with Crippen LogP contribution in [0.25, 0.3) is 0 Å². The van der Waals surface area contributed by atoms with Crippen molar-refractivity contribution in [3.63, 3.8) is 0 Å². The van der Waals surface area contributed by atoms with Crippen molar-refractivity contribution in [1.29, 1.82) is 0 Å². The lowest BCUT2D eigenvalue weighted by atomic mass is 9.85. The van der Waals surface area contributed by atoms with Crippen molar-refractivity contribution < 1.29 is 17.4 Å². The second kappa shape index (κ2) is 4.85. The predicted octanol–water partition coefficient (Wildman–Crippen LogP) is 4.99. The van der Waals surface area contributed by atoms with E-state index in [1.54, 1.807) is 0 Å². The Labute approximate surface area is 129 Å². The van der Waals surface area contributed by atoms with Gasteiger partial charge in [0, 0.05) is 14.6 Å². The second-order valence-corrected chi connectivity index (χ2v) is 13.1. The van der Waals surface area contributed by atoms with Crippen LogP contribution in [-0.4, -0.2) is 26.1 Å². The molecule has 0 saturated carbocycles. The van der Waals surface area contributed by atoms with Crippen molar-refractivity contribution in [2.45, 2.75) is 97.6 Å². The van der Waals surface area contributed by atoms with E-state index < -0.39 is 33.7 Å². The SMILES string of the molecule is [2H]C([2H])([2H])C1(C([2H])([2H])[2H])O[C@@H]1C[C@H](O[Si](C)(C)C(C)(C)C)C(C)(C)C. The van der Waals surface area contributed by atoms with E-state index in [1.807, 2.05) is 20.8 Å². The zero-order valence-electron chi connectivity index (χ0n) is 19.7. The molecule has 0 aromatic carbocycles. The van der Waals surface area contributed by atoms with E-state index in [0.717, 1.165) is 0 Å². The Morgan fingerprint density at radius 3 is 2.05 bits per heavy atom. The zero-order chi connectivity index (χ0) is 20.3. The Kier molecular flexibility index (Phi) is 2.54. The van der Waals surface area contributed by atoms with Crippen LogP contribution in [0.2, 0.25) is 18.1 Å². The summed E-state index contributed by atoms with van der Waals surface area (Å²) in [5, 5.41) is 0.00600. The summed E-state index contributed by atoms with van der Waals surface area (Å²) in [6.07, 6.45) is -0.848. The van der Waals surface area contributed by atoms with Crippen LogP contribution in [0.4, 0.5) is 0 Å². The first-order valence-electron chi connectivity index (χ1n) is 10.0. The van der Waals surface area contributed by atoms with Gasteiger partial charge in [0.15, 0.2) is 8.32 Å². The van der Waals surface area contributed by atoms with Crippen LogP contribution < -0.4 is 0 Å². The summed E-state index contributed by atoms with van der Waals surface area (Å²) >= 11 is 0. The minimum Gasteiger partial charge on any atom is -0.413 e. The van der Waals surface area contributed by atoms with Gasteiger partial charge in [0.25, 0.3) is 0 Å². The Morgan fingerprint density at radius 2 is 1.74 bits per heavy atom. The van der Waals surface area contributed by atoms with E-state index in [1.165, 1.54) is 0 Å². The lowest BCUT2D eigenvalue weighted by Crippen LogP contribution is -2.47. The number of hydrogen-bond donors (Lipinski definition) is 0. The Bertz CT molecular complexity index is 471. The highest BCUT2D eigenvalue weighted by Crippen LogP contribution is 2.45. The van der Waals surface area contributed by atoms with Gasteiger partial charge in [-0.25, -0.2) is 0 Å². The lowest BCUT2D eigenvalue weighted by Gasteiger charge is -2.43. The molecule has 0 unspecified atom stereocenters. The molecule has 1 aliphatic rings. The predicted molar refractivity (Wildman–Crippen MR) is 85.1 cm³/mol. The summed E-state index contributed by atoms with van der Waals surface area (Å²) in [5.74, 6) is 0. The smallest absolute Gasteiger partial charge is 0.192 e. The van der Waals surface area contributed by atoms with Crippen molar-refractivity contribution in [2.75, 3.05) is 0 Å². The van der Waals surface area contributed by atoms with Crippen LogP contribution in [0.15, 0.2) is 0 Å². The fraction of sp³-hybridized carbons (Fsp3) is 1.00. The van der Waals surface area contributed by atoms with E-state index >= 15 is 0 Å². The van der Waals surface area contributed by atoms with Crippen molar-refractivity contribution in [1.82, 2.24) is 0 Å². The third kappa shape index (κ3) is 4.30. The zero-order valence-corrected chi connectivity index (χ0v) is 14.7. The monoisotopic (exact) mass is 292 g/mol. The van der Waals surface area contributed by atoms with Crippen LogP contribution in [-0.2, 0) is 9.16 Å². The minimum atomic E-state index is -2.69. The number of hydrogen-bond acceptors (Lipinski definition) is 2. The van der Waals surface area contributed by atoms with Gasteiger partial charge in [-0.3, -0.25) is 0 Å². The normalized spacial score (nSPS) is 31.3. The third-order valence-electron chi connectivity index (χ3n) is 4.36. The van der Waals surface area contributed by atoms with Crippen LogP contribution in [0.3, 0.4) is 0 Å². The van der Waals surface area contributed by atoms with Gasteiger partial charge in [0.2, 0.25) is 0 Å². The number of ether oxygens (including phenoxy) is 1. The van der Waals surface area contributed by atoms with Crippen molar-refractivity contribution in [3.8, 4) is 0 Å². The molecule has 3 heteroatoms. The average Bonchev–Trinajstić information content (AvgIpc) is 2.99. The molecular formula is C16H34O2Si. The van der Waals surface area contributed by atoms with Crippen molar-refractivity contribution in [3.05, 3.63) is 0 Å². The molecule has 2 atom stereocenters. The first kappa shape index (κ1) is 9.96. The van der Waals surface area contributed by atoms with Gasteiger partial charge in [0.1, 0.15) is 0 Å². The highest BCUT2D eigenvalue weighted by Gasteiger charge is 2.51. The van der Waals surface area contributed by atoms with Crippen LogP contribution in [0.5, 0.6) is 0 Å². The maximum absolute atomic E-state index is 7.68. The van der Waals surface area contributed by atoms with Gasteiger partial charge >= 0.3 is 0 Å². The molecule has 1 rings (SSSR count). The molecule has 0 aromatic heterocycles. The lowest BCUT2D eigenvalue weighted by molar-refractivity contribution is 0.0586. The topological polar surface area (TPSA) is 21.8 Å². The van der Waals surface area contributed by atoms with Gasteiger partial charge in [-0.15, -0.1) is 0 Å². The Morgan fingerprint density at radius 1 is 1.21 bits per heavy atom. The van der Waals surface area contributed by atoms with Crippen molar-refractivity contribution >= 4 is 8.32 Å². The molecular weight excluding hydrogens is 252 g/mol. The number of epoxide rings is 1. The van der Waals surface area contributed by atoms with Crippen molar-refractivity contribution in [2.24, 2.45) is 5.41 Å². The standard InChI is InChI=1S/C16H34O2Si/c1-14(2,3)12(11-13-16(7,8)17-13)18-19(9,10)15(4,5)6/h12-13H,11H2,1-10H3/t12-,13+/m0/s1/i7D3,8D3. The van der Waals surface area contributed by atoms with Crippen LogP contribution in [0.1, 0.15) is 69.9 Å². The number of rotatable bonds is 4. The highest BCUT2D eigenvalue weighted by molar-refractivity contribution is 6.74. The van der Waals surface area contributed by atoms with Crippen LogP contribution in [0, 0.1) is 5.41 Å². The summed E-state index contributed by atoms with van der Waals surface area (Å²) in [7, 11) is -2.09. The summed E-state index contributed by atoms with van der Waals surface area (Å²) < 4.78 is 58.0. The van der Waals surface area contributed by atoms with Gasteiger partial charge in [-0.1, -0.05) is 41.5 Å². The molecule has 0 spiro atoms. The molecule has 114 valence electrons. The molecule has 1 aliphatic heterocycles. The van der Waals surface area contributed by atoms with Gasteiger partial charge in [-0.05, 0) is 37.3 Å². The van der Waals surface area contributed by atoms with E-state index in [4.69, 9.17) is 17.4 Å². The molecule has 1 fully saturated rings. The van der Waals surface area contributed by atoms with E-state index in [9.17, 15) is 0 Å². The molecule has 0 aliphatic carbocycles. The maximum atomic E-state index is 7.68. The fourth-order valence-corrected chi connectivity index (χ4v) is 3.22. The van der Waals surface area contributed by atoms with Gasteiger partial charge in [-0.2, -0.15) is 0 Å².